The van der Waals surface area contributed by atoms with Crippen LogP contribution in [0.3, 0.4) is 0 Å². The number of fused-ring (bicyclic) bond motifs is 12. The van der Waals surface area contributed by atoms with Gasteiger partial charge in [0.05, 0.1) is 16.8 Å². The van der Waals surface area contributed by atoms with Crippen LogP contribution in [-0.4, -0.2) is 0 Å². The van der Waals surface area contributed by atoms with Crippen LogP contribution >= 0.6 is 0 Å². The number of anilines is 3. The molecule has 9 aromatic rings. The summed E-state index contributed by atoms with van der Waals surface area (Å²) in [6.07, 6.45) is 2.38. The minimum Gasteiger partial charge on any atom is -0.309 e. The van der Waals surface area contributed by atoms with Gasteiger partial charge in [0.25, 0.3) is 0 Å². The highest BCUT2D eigenvalue weighted by Gasteiger charge is 2.52. The van der Waals surface area contributed by atoms with E-state index in [0.717, 1.165) is 17.1 Å². The normalized spacial score (nSPS) is 15.7. The first-order valence-electron chi connectivity index (χ1n) is 22.3. The molecule has 0 aromatic heterocycles. The van der Waals surface area contributed by atoms with Gasteiger partial charge in [-0.15, -0.1) is 0 Å². The molecule has 0 aliphatic heterocycles. The number of benzene rings is 9. The molecule has 0 atom stereocenters. The average molecular weight is 796 g/mol. The zero-order valence-electron chi connectivity index (χ0n) is 35.9. The Morgan fingerprint density at radius 2 is 0.855 bits per heavy atom. The fourth-order valence-electron chi connectivity index (χ4n) is 11.7. The Labute approximate surface area is 366 Å². The van der Waals surface area contributed by atoms with E-state index in [2.05, 4.69) is 233 Å². The molecule has 0 amide bonds. The Bertz CT molecular complexity index is 3190. The fraction of sp³-hybridized carbons (Fsp3) is 0.148. The van der Waals surface area contributed by atoms with Crippen molar-refractivity contribution in [2.24, 2.45) is 0 Å². The van der Waals surface area contributed by atoms with E-state index >= 15 is 0 Å². The Morgan fingerprint density at radius 3 is 1.53 bits per heavy atom. The van der Waals surface area contributed by atoms with E-state index < -0.39 is 5.41 Å². The second-order valence-electron chi connectivity index (χ2n) is 19.0. The molecule has 9 aromatic carbocycles. The van der Waals surface area contributed by atoms with Crippen molar-refractivity contribution in [2.45, 2.75) is 56.8 Å². The van der Waals surface area contributed by atoms with Gasteiger partial charge in [0, 0.05) is 16.6 Å². The topological polar surface area (TPSA) is 3.24 Å². The molecular formula is C61H49N. The van der Waals surface area contributed by atoms with Crippen LogP contribution in [0.1, 0.15) is 73.9 Å². The summed E-state index contributed by atoms with van der Waals surface area (Å²) in [6, 6.07) is 75.5. The molecule has 3 aliphatic rings. The van der Waals surface area contributed by atoms with E-state index in [9.17, 15) is 0 Å². The Morgan fingerprint density at radius 1 is 0.355 bits per heavy atom. The lowest BCUT2D eigenvalue weighted by Crippen LogP contribution is -2.34. The molecule has 0 saturated carbocycles. The zero-order valence-corrected chi connectivity index (χ0v) is 35.9. The fourth-order valence-corrected chi connectivity index (χ4v) is 11.7. The van der Waals surface area contributed by atoms with Crippen molar-refractivity contribution in [3.05, 3.63) is 234 Å². The minimum absolute atomic E-state index is 0.0999. The number of hydrogen-bond acceptors (Lipinski definition) is 1. The lowest BCUT2D eigenvalue weighted by molar-refractivity contribution is 0.333. The summed E-state index contributed by atoms with van der Waals surface area (Å²) in [5, 5.41) is 2.44. The third-order valence-electron chi connectivity index (χ3n) is 14.7. The first-order chi connectivity index (χ1) is 30.3. The predicted octanol–water partition coefficient (Wildman–Crippen LogP) is 16.3. The third kappa shape index (κ3) is 5.21. The summed E-state index contributed by atoms with van der Waals surface area (Å²) in [4.78, 5) is 2.52. The van der Waals surface area contributed by atoms with Crippen LogP contribution in [0.15, 0.2) is 200 Å². The second kappa shape index (κ2) is 13.5. The molecule has 0 N–H and O–H groups in total. The van der Waals surface area contributed by atoms with Gasteiger partial charge in [0.1, 0.15) is 0 Å². The largest absolute Gasteiger partial charge is 0.309 e. The molecule has 0 fully saturated rings. The molecule has 0 bridgehead atoms. The van der Waals surface area contributed by atoms with Crippen molar-refractivity contribution in [2.75, 3.05) is 4.90 Å². The van der Waals surface area contributed by atoms with Crippen molar-refractivity contribution in [1.82, 2.24) is 0 Å². The van der Waals surface area contributed by atoms with Gasteiger partial charge in [0.2, 0.25) is 0 Å². The van der Waals surface area contributed by atoms with Crippen LogP contribution in [0.4, 0.5) is 17.1 Å². The molecule has 298 valence electrons. The quantitative estimate of drug-likeness (QED) is 0.168. The highest BCUT2D eigenvalue weighted by atomic mass is 15.1. The van der Waals surface area contributed by atoms with E-state index in [-0.39, 0.29) is 10.8 Å². The van der Waals surface area contributed by atoms with Crippen molar-refractivity contribution < 1.29 is 0 Å². The second-order valence-corrected chi connectivity index (χ2v) is 19.0. The van der Waals surface area contributed by atoms with Gasteiger partial charge in [-0.05, 0) is 132 Å². The molecule has 0 heterocycles. The first-order valence-corrected chi connectivity index (χ1v) is 22.3. The predicted molar refractivity (Wildman–Crippen MR) is 261 cm³/mol. The highest BCUT2D eigenvalue weighted by molar-refractivity contribution is 6.04. The Kier molecular flexibility index (Phi) is 8.04. The third-order valence-corrected chi connectivity index (χ3v) is 14.7. The molecule has 1 nitrogen and oxygen atoms in total. The van der Waals surface area contributed by atoms with Gasteiger partial charge in [0.15, 0.2) is 0 Å². The molecule has 62 heavy (non-hydrogen) atoms. The zero-order chi connectivity index (χ0) is 41.8. The van der Waals surface area contributed by atoms with Crippen LogP contribution in [0.5, 0.6) is 0 Å². The van der Waals surface area contributed by atoms with Crippen LogP contribution < -0.4 is 4.90 Å². The monoisotopic (exact) mass is 795 g/mol. The molecule has 12 rings (SSSR count). The summed E-state index contributed by atoms with van der Waals surface area (Å²) in [5.41, 5.74) is 21.9. The van der Waals surface area contributed by atoms with Crippen molar-refractivity contribution in [3.63, 3.8) is 0 Å². The van der Waals surface area contributed by atoms with Gasteiger partial charge in [-0.2, -0.15) is 0 Å². The summed E-state index contributed by atoms with van der Waals surface area (Å²) >= 11 is 0. The van der Waals surface area contributed by atoms with E-state index in [0.29, 0.717) is 0 Å². The van der Waals surface area contributed by atoms with Gasteiger partial charge in [-0.3, -0.25) is 0 Å². The number of rotatable bonds is 5. The maximum Gasteiger partial charge on any atom is 0.0726 e. The summed E-state index contributed by atoms with van der Waals surface area (Å²) in [7, 11) is 0. The molecule has 0 unspecified atom stereocenters. The van der Waals surface area contributed by atoms with E-state index in [1.54, 1.807) is 0 Å². The molecule has 3 aliphatic carbocycles. The lowest BCUT2D eigenvalue weighted by Gasteiger charge is -2.43. The summed E-state index contributed by atoms with van der Waals surface area (Å²) in [5.74, 6) is 0. The number of nitrogens with zero attached hydrogens (tertiary/aromatic N) is 1. The number of para-hydroxylation sites is 1. The van der Waals surface area contributed by atoms with Crippen LogP contribution in [0, 0.1) is 0 Å². The maximum absolute atomic E-state index is 2.56. The molecule has 1 heteroatoms. The Hall–Kier alpha value is -6.96. The first kappa shape index (κ1) is 36.9. The standard InChI is InChI=1S/C61H49N/c1-59(2)36-37-60(3,4)58-45(26-17-30-54(58)59)41-32-34-42(35-33-41)49-38-50-48-25-12-15-29-53(48)61(51-27-13-10-23-46(51)47-24-11-14-28-52(47)61)55(50)39-57(49)62(43-20-6-5-7-21-43)56-31-16-19-40-18-8-9-22-44(40)56/h5-35,38-39H,36-37H2,1-4H3. The Balaban J connectivity index is 1.16. The SMILES string of the molecule is CC1(C)CCC(C)(C)c2c(-c3ccc(-c4cc5c(cc4N(c4ccccc4)c4cccc6ccccc46)C4(c6ccccc6-c6ccccc64)c4ccccc4-5)cc3)cccc21. The summed E-state index contributed by atoms with van der Waals surface area (Å²) < 4.78 is 0. The van der Waals surface area contributed by atoms with Crippen molar-refractivity contribution in [1.29, 1.82) is 0 Å². The smallest absolute Gasteiger partial charge is 0.0726 e. The van der Waals surface area contributed by atoms with Gasteiger partial charge in [-0.25, -0.2) is 0 Å². The van der Waals surface area contributed by atoms with Crippen LogP contribution in [-0.2, 0) is 16.2 Å². The highest BCUT2D eigenvalue weighted by Crippen LogP contribution is 2.64. The van der Waals surface area contributed by atoms with E-state index in [1.165, 1.54) is 102 Å². The van der Waals surface area contributed by atoms with Gasteiger partial charge >= 0.3 is 0 Å². The molecular weight excluding hydrogens is 747 g/mol. The molecule has 0 radical (unpaired) electrons. The van der Waals surface area contributed by atoms with E-state index in [4.69, 9.17) is 0 Å². The van der Waals surface area contributed by atoms with E-state index in [1.807, 2.05) is 0 Å². The van der Waals surface area contributed by atoms with Crippen LogP contribution in [0.2, 0.25) is 0 Å². The summed E-state index contributed by atoms with van der Waals surface area (Å²) in [6.45, 7) is 9.71. The van der Waals surface area contributed by atoms with Crippen molar-refractivity contribution >= 4 is 27.8 Å². The van der Waals surface area contributed by atoms with Gasteiger partial charge in [-0.1, -0.05) is 198 Å². The molecule has 1 spiro atoms. The lowest BCUT2D eigenvalue weighted by atomic mass is 9.61. The number of hydrogen-bond donors (Lipinski definition) is 0. The molecule has 0 saturated heterocycles. The van der Waals surface area contributed by atoms with Crippen molar-refractivity contribution in [3.8, 4) is 44.5 Å². The van der Waals surface area contributed by atoms with Gasteiger partial charge < -0.3 is 4.90 Å². The maximum atomic E-state index is 2.56. The van der Waals surface area contributed by atoms with Crippen LogP contribution in [0.25, 0.3) is 55.3 Å². The average Bonchev–Trinajstić information content (AvgIpc) is 3.78. The minimum atomic E-state index is -0.468.